The Balaban J connectivity index is 2.26. The first-order valence-corrected chi connectivity index (χ1v) is 5.84. The number of rotatable bonds is 2. The summed E-state index contributed by atoms with van der Waals surface area (Å²) in [6, 6.07) is 2.78. The molecule has 2 aromatic rings. The minimum absolute atomic E-state index is 0.280. The topological polar surface area (TPSA) is 42.0 Å². The van der Waals surface area contributed by atoms with Gasteiger partial charge in [0.15, 0.2) is 17.5 Å². The molecule has 1 aromatic carbocycles. The Labute approximate surface area is 117 Å². The number of carbonyl (C=O) groups is 1. The molecule has 0 saturated carbocycles. The predicted octanol–water partition coefficient (Wildman–Crippen LogP) is 3.71. The van der Waals surface area contributed by atoms with Gasteiger partial charge in [-0.05, 0) is 30.7 Å². The van der Waals surface area contributed by atoms with Crippen LogP contribution >= 0.6 is 11.6 Å². The molecular formula is C13H8ClF3N2O. The lowest BCUT2D eigenvalue weighted by Gasteiger charge is -2.07. The number of benzene rings is 1. The van der Waals surface area contributed by atoms with Crippen LogP contribution in [0.5, 0.6) is 0 Å². The number of pyridine rings is 1. The first kappa shape index (κ1) is 14.3. The van der Waals surface area contributed by atoms with Gasteiger partial charge < -0.3 is 5.32 Å². The highest BCUT2D eigenvalue weighted by Crippen LogP contribution is 2.18. The van der Waals surface area contributed by atoms with Crippen LogP contribution in [0.1, 0.15) is 15.9 Å². The minimum atomic E-state index is -1.62. The summed E-state index contributed by atoms with van der Waals surface area (Å²) < 4.78 is 38.9. The molecule has 0 atom stereocenters. The average molecular weight is 301 g/mol. The lowest BCUT2D eigenvalue weighted by Crippen LogP contribution is -2.13. The van der Waals surface area contributed by atoms with Crippen LogP contribution in [0.25, 0.3) is 0 Å². The third-order valence-corrected chi connectivity index (χ3v) is 2.91. The first-order valence-electron chi connectivity index (χ1n) is 5.46. The van der Waals surface area contributed by atoms with E-state index in [0.717, 1.165) is 0 Å². The van der Waals surface area contributed by atoms with E-state index >= 15 is 0 Å². The van der Waals surface area contributed by atoms with Crippen LogP contribution in [0.3, 0.4) is 0 Å². The van der Waals surface area contributed by atoms with E-state index in [1.54, 1.807) is 13.0 Å². The third kappa shape index (κ3) is 2.91. The summed E-state index contributed by atoms with van der Waals surface area (Å²) in [7, 11) is 0. The monoisotopic (exact) mass is 300 g/mol. The molecule has 0 aliphatic heterocycles. The number of halogens is 4. The molecule has 0 aliphatic rings. The van der Waals surface area contributed by atoms with E-state index in [1.165, 1.54) is 6.20 Å². The molecule has 7 heteroatoms. The van der Waals surface area contributed by atoms with Gasteiger partial charge in [-0.3, -0.25) is 4.79 Å². The number of carbonyl (C=O) groups excluding carboxylic acids is 1. The van der Waals surface area contributed by atoms with Gasteiger partial charge in [-0.25, -0.2) is 18.2 Å². The number of amides is 1. The normalized spacial score (nSPS) is 10.4. The lowest BCUT2D eigenvalue weighted by molar-refractivity contribution is 0.102. The molecule has 104 valence electrons. The number of nitrogens with zero attached hydrogens (tertiary/aromatic N) is 1. The number of nitrogens with one attached hydrogen (secondary N) is 1. The quantitative estimate of drug-likeness (QED) is 0.678. The standard InChI is InChI=1S/C13H8ClF3N2O/c1-6-2-8(5-18-12(6)14)19-13(20)7-3-9(15)11(17)10(16)4-7/h2-5H,1H3,(H,19,20). The van der Waals surface area contributed by atoms with Gasteiger partial charge in [0.05, 0.1) is 11.9 Å². The van der Waals surface area contributed by atoms with E-state index in [1.807, 2.05) is 0 Å². The maximum Gasteiger partial charge on any atom is 0.255 e. The Kier molecular flexibility index (Phi) is 3.94. The second-order valence-electron chi connectivity index (χ2n) is 4.04. The average Bonchev–Trinajstić information content (AvgIpc) is 2.39. The number of aromatic nitrogens is 1. The molecule has 1 heterocycles. The summed E-state index contributed by atoms with van der Waals surface area (Å²) >= 11 is 5.73. The molecule has 0 saturated heterocycles. The van der Waals surface area contributed by atoms with E-state index in [-0.39, 0.29) is 10.7 Å². The van der Waals surface area contributed by atoms with Crippen molar-refractivity contribution in [3.63, 3.8) is 0 Å². The van der Waals surface area contributed by atoms with Crippen molar-refractivity contribution in [3.05, 3.63) is 58.1 Å². The molecule has 0 spiro atoms. The van der Waals surface area contributed by atoms with E-state index in [4.69, 9.17) is 11.6 Å². The number of hydrogen-bond acceptors (Lipinski definition) is 2. The highest BCUT2D eigenvalue weighted by Gasteiger charge is 2.15. The molecular weight excluding hydrogens is 293 g/mol. The predicted molar refractivity (Wildman–Crippen MR) is 68.3 cm³/mol. The number of anilines is 1. The Bertz CT molecular complexity index is 668. The maximum absolute atomic E-state index is 13.0. The molecule has 0 fully saturated rings. The summed E-state index contributed by atoms with van der Waals surface area (Å²) in [5.74, 6) is -5.27. The number of aryl methyl sites for hydroxylation is 1. The van der Waals surface area contributed by atoms with Crippen molar-refractivity contribution in [2.45, 2.75) is 6.92 Å². The molecule has 0 radical (unpaired) electrons. The van der Waals surface area contributed by atoms with Crippen LogP contribution in [-0.2, 0) is 0 Å². The molecule has 2 rings (SSSR count). The van der Waals surface area contributed by atoms with Gasteiger partial charge in [0.2, 0.25) is 0 Å². The Morgan fingerprint density at radius 1 is 1.20 bits per heavy atom. The fraction of sp³-hybridized carbons (Fsp3) is 0.0769. The third-order valence-electron chi connectivity index (χ3n) is 2.52. The fourth-order valence-corrected chi connectivity index (χ4v) is 1.62. The minimum Gasteiger partial charge on any atom is -0.321 e. The molecule has 0 bridgehead atoms. The molecule has 3 nitrogen and oxygen atoms in total. The van der Waals surface area contributed by atoms with Gasteiger partial charge in [-0.15, -0.1) is 0 Å². The van der Waals surface area contributed by atoms with Crippen molar-refractivity contribution in [1.82, 2.24) is 4.98 Å². The molecule has 1 aromatic heterocycles. The van der Waals surface area contributed by atoms with Gasteiger partial charge in [-0.2, -0.15) is 0 Å². The van der Waals surface area contributed by atoms with E-state index in [0.29, 0.717) is 23.4 Å². The van der Waals surface area contributed by atoms with Crippen molar-refractivity contribution in [1.29, 1.82) is 0 Å². The fourth-order valence-electron chi connectivity index (χ4n) is 1.52. The lowest BCUT2D eigenvalue weighted by atomic mass is 10.2. The van der Waals surface area contributed by atoms with Crippen molar-refractivity contribution in [2.75, 3.05) is 5.32 Å². The van der Waals surface area contributed by atoms with Crippen LogP contribution in [0.4, 0.5) is 18.9 Å². The second kappa shape index (κ2) is 5.50. The summed E-state index contributed by atoms with van der Waals surface area (Å²) in [5, 5.41) is 2.66. The zero-order valence-corrected chi connectivity index (χ0v) is 10.9. The molecule has 1 N–H and O–H groups in total. The highest BCUT2D eigenvalue weighted by atomic mass is 35.5. The molecule has 0 unspecified atom stereocenters. The van der Waals surface area contributed by atoms with Crippen molar-refractivity contribution < 1.29 is 18.0 Å². The van der Waals surface area contributed by atoms with Gasteiger partial charge in [0.25, 0.3) is 5.91 Å². The Morgan fingerprint density at radius 2 is 1.80 bits per heavy atom. The smallest absolute Gasteiger partial charge is 0.255 e. The zero-order chi connectivity index (χ0) is 14.9. The van der Waals surface area contributed by atoms with Gasteiger partial charge >= 0.3 is 0 Å². The zero-order valence-electron chi connectivity index (χ0n) is 10.2. The van der Waals surface area contributed by atoms with Crippen molar-refractivity contribution >= 4 is 23.2 Å². The van der Waals surface area contributed by atoms with Crippen molar-refractivity contribution in [3.8, 4) is 0 Å². The molecule has 20 heavy (non-hydrogen) atoms. The van der Waals surface area contributed by atoms with Crippen molar-refractivity contribution in [2.24, 2.45) is 0 Å². The molecule has 1 amide bonds. The second-order valence-corrected chi connectivity index (χ2v) is 4.40. The maximum atomic E-state index is 13.0. The first-order chi connectivity index (χ1) is 9.38. The Morgan fingerprint density at radius 3 is 2.35 bits per heavy atom. The summed E-state index contributed by atoms with van der Waals surface area (Å²) in [6.45, 7) is 1.68. The summed E-state index contributed by atoms with van der Waals surface area (Å²) in [5.41, 5.74) is 0.594. The highest BCUT2D eigenvalue weighted by molar-refractivity contribution is 6.30. The summed E-state index contributed by atoms with van der Waals surface area (Å²) in [4.78, 5) is 15.6. The Hall–Kier alpha value is -2.08. The largest absolute Gasteiger partial charge is 0.321 e. The van der Waals surface area contributed by atoms with Gasteiger partial charge in [0, 0.05) is 5.56 Å². The van der Waals surface area contributed by atoms with Gasteiger partial charge in [0.1, 0.15) is 5.15 Å². The van der Waals surface area contributed by atoms with Gasteiger partial charge in [-0.1, -0.05) is 11.6 Å². The van der Waals surface area contributed by atoms with Crippen LogP contribution in [-0.4, -0.2) is 10.9 Å². The van der Waals surface area contributed by atoms with Crippen LogP contribution in [0.15, 0.2) is 24.4 Å². The summed E-state index contributed by atoms with van der Waals surface area (Å²) in [6.07, 6.45) is 1.30. The van der Waals surface area contributed by atoms with E-state index < -0.39 is 23.4 Å². The molecule has 0 aliphatic carbocycles. The SMILES string of the molecule is Cc1cc(NC(=O)c2cc(F)c(F)c(F)c2)cnc1Cl. The van der Waals surface area contributed by atoms with Crippen LogP contribution in [0, 0.1) is 24.4 Å². The number of hydrogen-bond donors (Lipinski definition) is 1. The van der Waals surface area contributed by atoms with E-state index in [2.05, 4.69) is 10.3 Å². The van der Waals surface area contributed by atoms with E-state index in [9.17, 15) is 18.0 Å². The van der Waals surface area contributed by atoms with Crippen LogP contribution in [0.2, 0.25) is 5.15 Å². The van der Waals surface area contributed by atoms with Crippen LogP contribution < -0.4 is 5.32 Å².